The number of amides is 3. The van der Waals surface area contributed by atoms with Crippen LogP contribution in [0.2, 0.25) is 0 Å². The van der Waals surface area contributed by atoms with Crippen molar-refractivity contribution < 1.29 is 119 Å². The van der Waals surface area contributed by atoms with Gasteiger partial charge in [-0.25, -0.2) is 0 Å². The van der Waals surface area contributed by atoms with E-state index in [1.54, 1.807) is 34.8 Å². The molecule has 2 aliphatic heterocycles. The molecule has 0 unspecified atom stereocenters. The monoisotopic (exact) mass is 1420 g/mol. The van der Waals surface area contributed by atoms with Crippen LogP contribution in [0.5, 0.6) is 0 Å². The molecule has 0 bridgehead atoms. The zero-order valence-corrected chi connectivity index (χ0v) is 60.8. The van der Waals surface area contributed by atoms with E-state index < -0.39 is 23.4 Å². The van der Waals surface area contributed by atoms with E-state index in [9.17, 15) is 28.8 Å². The molecule has 1 aromatic carbocycles. The summed E-state index contributed by atoms with van der Waals surface area (Å²) in [6.45, 7) is 29.5. The lowest BCUT2D eigenvalue weighted by Gasteiger charge is -2.26. The third-order valence-corrected chi connectivity index (χ3v) is 15.4. The number of hydrogen-bond acceptors (Lipinski definition) is 26. The fraction of sp³-hybridized carbons (Fsp3) is 0.803. The number of Topliss-reactive ketones (excluding diaryl/α,β-unsaturated/α-hetero) is 2. The van der Waals surface area contributed by atoms with Crippen LogP contribution in [0, 0.1) is 17.3 Å². The number of rotatable bonds is 68. The van der Waals surface area contributed by atoms with Crippen LogP contribution < -0.4 is 5.32 Å². The lowest BCUT2D eigenvalue weighted by Crippen LogP contribution is -2.45. The Kier molecular flexibility index (Phi) is 52.1. The number of nitrogens with zero attached hydrogens (tertiary/aromatic N) is 2. The smallest absolute Gasteiger partial charge is 0.311 e. The summed E-state index contributed by atoms with van der Waals surface area (Å²) < 4.78 is 105. The number of benzene rings is 1. The molecule has 28 heteroatoms. The van der Waals surface area contributed by atoms with Crippen molar-refractivity contribution in [1.82, 2.24) is 15.1 Å². The number of imide groups is 1. The standard InChI is InChI=1S/C71H121N3O25/c1-9-82-56-63-51-62(74-67(77)14-15-68(74)78)53-73(63)54-64(75)52-65(57(2)3)69(79)72-58(4)66(76)50-59-12-13-61(55-99-70(80)71(5,6)7)60(49-59)11-10-16-83-19-20-85-23-24-87-27-28-89-31-32-91-35-36-93-39-40-95-43-44-97-47-48-98-46-45-96-42-41-94-38-37-92-34-33-90-30-29-88-26-25-86-22-21-84-18-17-81-8/h12-15,49,57-58,62-63,65H,9-11,16-48,50-56H2,1-8H3,(H,72,79)/t58-,62-,63-,65-/m0/s1. The maximum absolute atomic E-state index is 13.7. The van der Waals surface area contributed by atoms with E-state index in [1.165, 1.54) is 17.1 Å². The number of aryl methyl sites for hydroxylation is 1. The third-order valence-electron chi connectivity index (χ3n) is 15.4. The zero-order chi connectivity index (χ0) is 71.8. The van der Waals surface area contributed by atoms with E-state index in [1.807, 2.05) is 43.9 Å². The SMILES string of the molecule is CCOC[C@@H]1C[C@H](N2C(=O)C=CC2=O)CN1CC(=O)C[C@H](C(=O)N[C@@H](C)C(=O)Cc1ccc(COC(=O)C(C)(C)C)c(CCCOCCOCCOCCOCCOCCOCCOCCOCCOCCOCCOCCOCCOCCOCCOCCOCCOC)c1)C(C)C. The lowest BCUT2D eigenvalue weighted by molar-refractivity contribution is -0.154. The summed E-state index contributed by atoms with van der Waals surface area (Å²) >= 11 is 0. The van der Waals surface area contributed by atoms with E-state index >= 15 is 0 Å². The molecule has 99 heavy (non-hydrogen) atoms. The fourth-order valence-corrected chi connectivity index (χ4v) is 9.89. The topological polar surface area (TPSA) is 296 Å². The summed E-state index contributed by atoms with van der Waals surface area (Å²) in [5.74, 6) is -2.71. The Morgan fingerprint density at radius 1 is 0.525 bits per heavy atom. The normalized spacial score (nSPS) is 15.7. The first kappa shape index (κ1) is 88.8. The highest BCUT2D eigenvalue weighted by molar-refractivity contribution is 6.13. The number of carbonyl (C=O) groups is 6. The van der Waals surface area contributed by atoms with Gasteiger partial charge in [0.25, 0.3) is 11.8 Å². The minimum atomic E-state index is -0.834. The first-order chi connectivity index (χ1) is 48.0. The van der Waals surface area contributed by atoms with Gasteiger partial charge in [0.1, 0.15) is 12.4 Å². The van der Waals surface area contributed by atoms with Crippen LogP contribution >= 0.6 is 0 Å². The first-order valence-electron chi connectivity index (χ1n) is 35.3. The van der Waals surface area contributed by atoms with E-state index in [0.29, 0.717) is 257 Å². The molecule has 3 rings (SSSR count). The van der Waals surface area contributed by atoms with Crippen molar-refractivity contribution in [3.05, 3.63) is 47.0 Å². The number of ether oxygens (including phenoxy) is 19. The second-order valence-electron chi connectivity index (χ2n) is 24.8. The summed E-state index contributed by atoms with van der Waals surface area (Å²) in [6, 6.07) is 4.24. The van der Waals surface area contributed by atoms with Crippen LogP contribution in [-0.2, 0) is 138 Å². The van der Waals surface area contributed by atoms with Crippen molar-refractivity contribution in [1.29, 1.82) is 0 Å². The van der Waals surface area contributed by atoms with E-state index in [4.69, 9.17) is 90.0 Å². The second-order valence-corrected chi connectivity index (χ2v) is 24.8. The van der Waals surface area contributed by atoms with Gasteiger partial charge in [0.2, 0.25) is 5.91 Å². The molecule has 4 atom stereocenters. The fourth-order valence-electron chi connectivity index (χ4n) is 9.89. The number of nitrogens with one attached hydrogen (secondary N) is 1. The maximum Gasteiger partial charge on any atom is 0.311 e. The summed E-state index contributed by atoms with van der Waals surface area (Å²) in [4.78, 5) is 81.8. The van der Waals surface area contributed by atoms with Gasteiger partial charge in [-0.1, -0.05) is 32.0 Å². The number of carbonyl (C=O) groups excluding carboxylic acids is 6. The Morgan fingerprint density at radius 3 is 1.27 bits per heavy atom. The second kappa shape index (κ2) is 58.1. The van der Waals surface area contributed by atoms with Crippen molar-refractivity contribution >= 4 is 35.3 Å². The molecule has 0 spiro atoms. The molecule has 1 fully saturated rings. The highest BCUT2D eigenvalue weighted by Gasteiger charge is 2.41. The van der Waals surface area contributed by atoms with Gasteiger partial charge < -0.3 is 95.3 Å². The zero-order valence-electron chi connectivity index (χ0n) is 60.8. The molecule has 1 aromatic rings. The van der Waals surface area contributed by atoms with E-state index in [2.05, 4.69) is 5.32 Å². The summed E-state index contributed by atoms with van der Waals surface area (Å²) in [6.07, 6.45) is 4.26. The summed E-state index contributed by atoms with van der Waals surface area (Å²) in [7, 11) is 1.64. The number of ketones is 2. The molecule has 28 nitrogen and oxygen atoms in total. The molecule has 2 aliphatic rings. The van der Waals surface area contributed by atoms with Gasteiger partial charge in [-0.3, -0.25) is 38.6 Å². The van der Waals surface area contributed by atoms with Gasteiger partial charge >= 0.3 is 5.97 Å². The van der Waals surface area contributed by atoms with Gasteiger partial charge in [-0.2, -0.15) is 0 Å². The molecule has 3 amide bonds. The molecular weight excluding hydrogens is 1290 g/mol. The quantitative estimate of drug-likeness (QED) is 0.0550. The summed E-state index contributed by atoms with van der Waals surface area (Å²) in [5, 5.41) is 2.87. The van der Waals surface area contributed by atoms with Crippen molar-refractivity contribution in [2.75, 3.05) is 251 Å². The molecular formula is C71H121N3O25. The van der Waals surface area contributed by atoms with Crippen molar-refractivity contribution in [2.24, 2.45) is 17.3 Å². The minimum absolute atomic E-state index is 0.0303. The number of likely N-dealkylation sites (tertiary alicyclic amines) is 1. The van der Waals surface area contributed by atoms with Crippen molar-refractivity contribution in [2.45, 2.75) is 105 Å². The Labute approximate surface area is 588 Å². The summed E-state index contributed by atoms with van der Waals surface area (Å²) in [5.41, 5.74) is 1.81. The van der Waals surface area contributed by atoms with Crippen LogP contribution in [0.15, 0.2) is 30.4 Å². The average Bonchev–Trinajstić information content (AvgIpc) is 1.68. The molecule has 0 aliphatic carbocycles. The number of hydrogen-bond donors (Lipinski definition) is 1. The van der Waals surface area contributed by atoms with Crippen LogP contribution in [0.25, 0.3) is 0 Å². The molecule has 1 N–H and O–H groups in total. The Hall–Kier alpha value is -4.38. The number of esters is 1. The lowest BCUT2D eigenvalue weighted by atomic mass is 9.89. The molecule has 0 aromatic heterocycles. The van der Waals surface area contributed by atoms with Crippen LogP contribution in [0.4, 0.5) is 0 Å². The molecule has 0 saturated carbocycles. The van der Waals surface area contributed by atoms with E-state index in [0.717, 1.165) is 16.7 Å². The molecule has 0 radical (unpaired) electrons. The van der Waals surface area contributed by atoms with Crippen LogP contribution in [0.1, 0.15) is 84.4 Å². The van der Waals surface area contributed by atoms with Gasteiger partial charge in [0.05, 0.1) is 242 Å². The largest absolute Gasteiger partial charge is 0.460 e. The predicted octanol–water partition coefficient (Wildman–Crippen LogP) is 3.87. The van der Waals surface area contributed by atoms with Crippen molar-refractivity contribution in [3.8, 4) is 0 Å². The number of methoxy groups -OCH3 is 1. The maximum atomic E-state index is 13.7. The predicted molar refractivity (Wildman–Crippen MR) is 365 cm³/mol. The Morgan fingerprint density at radius 2 is 0.909 bits per heavy atom. The van der Waals surface area contributed by atoms with Crippen molar-refractivity contribution in [3.63, 3.8) is 0 Å². The van der Waals surface area contributed by atoms with E-state index in [-0.39, 0.29) is 73.2 Å². The third kappa shape index (κ3) is 44.0. The average molecular weight is 1420 g/mol. The van der Waals surface area contributed by atoms with Gasteiger partial charge in [0.15, 0.2) is 5.78 Å². The molecule has 2 heterocycles. The van der Waals surface area contributed by atoms with Gasteiger partial charge in [0, 0.05) is 63.8 Å². The molecule has 570 valence electrons. The minimum Gasteiger partial charge on any atom is -0.460 e. The Bertz CT molecular complexity index is 2290. The van der Waals surface area contributed by atoms with Crippen LogP contribution in [-0.4, -0.2) is 315 Å². The van der Waals surface area contributed by atoms with Gasteiger partial charge in [-0.15, -0.1) is 0 Å². The molecule has 1 saturated heterocycles. The highest BCUT2D eigenvalue weighted by Crippen LogP contribution is 2.27. The Balaban J connectivity index is 1.11. The van der Waals surface area contributed by atoms with Gasteiger partial charge in [-0.05, 0) is 76.5 Å². The highest BCUT2D eigenvalue weighted by atomic mass is 16.6. The first-order valence-corrected chi connectivity index (χ1v) is 35.3. The van der Waals surface area contributed by atoms with Crippen LogP contribution in [0.3, 0.4) is 0 Å².